The molecule has 1 aromatic rings. The number of halogens is 1. The summed E-state index contributed by atoms with van der Waals surface area (Å²) in [6.07, 6.45) is 3.60. The van der Waals surface area contributed by atoms with Gasteiger partial charge < -0.3 is 4.90 Å². The molecule has 0 radical (unpaired) electrons. The fourth-order valence-electron chi connectivity index (χ4n) is 2.68. The first-order valence-corrected chi connectivity index (χ1v) is 7.05. The van der Waals surface area contributed by atoms with E-state index in [1.807, 2.05) is 6.07 Å². The van der Waals surface area contributed by atoms with Crippen LogP contribution in [-0.4, -0.2) is 28.3 Å². The van der Waals surface area contributed by atoms with E-state index in [0.717, 1.165) is 25.7 Å². The monoisotopic (exact) mass is 307 g/mol. The molecule has 1 aromatic carbocycles. The molecule has 0 N–H and O–H groups in total. The number of hydrogen-bond donors (Lipinski definition) is 0. The number of amides is 1. The maximum Gasteiger partial charge on any atom is 0.283 e. The smallest absolute Gasteiger partial charge is 0.283 e. The second kappa shape index (κ2) is 6.55. The third-order valence-corrected chi connectivity index (χ3v) is 3.98. The summed E-state index contributed by atoms with van der Waals surface area (Å²) in [4.78, 5) is 24.5. The molecule has 0 bridgehead atoms. The SMILES string of the molecule is N#CCN(C(=O)c1c(Cl)cccc1[N+](=O)[O-])C1CCCC1. The van der Waals surface area contributed by atoms with Gasteiger partial charge in [-0.3, -0.25) is 14.9 Å². The number of carbonyl (C=O) groups excluding carboxylic acids is 1. The minimum absolute atomic E-state index is 0.0372. The van der Waals surface area contributed by atoms with Crippen molar-refractivity contribution >= 4 is 23.2 Å². The van der Waals surface area contributed by atoms with Crippen LogP contribution in [0.4, 0.5) is 5.69 Å². The molecule has 0 unspecified atom stereocenters. The van der Waals surface area contributed by atoms with Gasteiger partial charge in [-0.25, -0.2) is 0 Å². The number of hydrogen-bond acceptors (Lipinski definition) is 4. The molecule has 0 aliphatic heterocycles. The number of benzene rings is 1. The molecule has 0 aromatic heterocycles. The van der Waals surface area contributed by atoms with Crippen LogP contribution in [0.25, 0.3) is 0 Å². The Hall–Kier alpha value is -2.13. The largest absolute Gasteiger partial charge is 0.322 e. The average Bonchev–Trinajstić information content (AvgIpc) is 2.97. The van der Waals surface area contributed by atoms with Crippen LogP contribution in [0.2, 0.25) is 5.02 Å². The van der Waals surface area contributed by atoms with Gasteiger partial charge in [-0.15, -0.1) is 0 Å². The predicted octanol–water partition coefficient (Wildman–Crippen LogP) is 3.16. The lowest BCUT2D eigenvalue weighted by Crippen LogP contribution is -2.39. The topological polar surface area (TPSA) is 87.2 Å². The Morgan fingerprint density at radius 2 is 2.14 bits per heavy atom. The van der Waals surface area contributed by atoms with Crippen LogP contribution < -0.4 is 0 Å². The summed E-state index contributed by atoms with van der Waals surface area (Å²) in [7, 11) is 0. The molecule has 6 nitrogen and oxygen atoms in total. The summed E-state index contributed by atoms with van der Waals surface area (Å²) in [5.74, 6) is -0.541. The first-order chi connectivity index (χ1) is 10.1. The van der Waals surface area contributed by atoms with Crippen molar-refractivity contribution in [2.75, 3.05) is 6.54 Å². The van der Waals surface area contributed by atoms with E-state index in [9.17, 15) is 14.9 Å². The standard InChI is InChI=1S/C14H14ClN3O3/c15-11-6-3-7-12(18(20)21)13(11)14(19)17(9-8-16)10-4-1-2-5-10/h3,6-7,10H,1-2,4-5,9H2. The molecule has 1 aliphatic carbocycles. The van der Waals surface area contributed by atoms with E-state index in [2.05, 4.69) is 0 Å². The number of nitro groups is 1. The predicted molar refractivity (Wildman–Crippen MR) is 77.0 cm³/mol. The molecular formula is C14H14ClN3O3. The van der Waals surface area contributed by atoms with Gasteiger partial charge in [0.25, 0.3) is 11.6 Å². The maximum absolute atomic E-state index is 12.7. The second-order valence-electron chi connectivity index (χ2n) is 4.92. The average molecular weight is 308 g/mol. The van der Waals surface area contributed by atoms with Crippen LogP contribution in [0, 0.1) is 21.4 Å². The molecule has 21 heavy (non-hydrogen) atoms. The molecule has 1 saturated carbocycles. The van der Waals surface area contributed by atoms with Crippen molar-refractivity contribution in [2.24, 2.45) is 0 Å². The highest BCUT2D eigenvalue weighted by Crippen LogP contribution is 2.31. The van der Waals surface area contributed by atoms with Crippen LogP contribution >= 0.6 is 11.6 Å². The second-order valence-corrected chi connectivity index (χ2v) is 5.33. The third kappa shape index (κ3) is 3.14. The van der Waals surface area contributed by atoms with Crippen molar-refractivity contribution in [1.82, 2.24) is 4.90 Å². The summed E-state index contributed by atoms with van der Waals surface area (Å²) in [5.41, 5.74) is -0.459. The Morgan fingerprint density at radius 1 is 1.48 bits per heavy atom. The Balaban J connectivity index is 2.41. The molecule has 0 atom stereocenters. The van der Waals surface area contributed by atoms with Gasteiger partial charge in [-0.1, -0.05) is 30.5 Å². The van der Waals surface area contributed by atoms with Gasteiger partial charge >= 0.3 is 0 Å². The van der Waals surface area contributed by atoms with Crippen molar-refractivity contribution in [3.05, 3.63) is 38.9 Å². The van der Waals surface area contributed by atoms with Crippen LogP contribution in [0.5, 0.6) is 0 Å². The van der Waals surface area contributed by atoms with Gasteiger partial charge in [0.1, 0.15) is 12.1 Å². The minimum Gasteiger partial charge on any atom is -0.322 e. The van der Waals surface area contributed by atoms with E-state index in [1.54, 1.807) is 0 Å². The van der Waals surface area contributed by atoms with Crippen molar-refractivity contribution in [3.8, 4) is 6.07 Å². The number of nitriles is 1. The highest BCUT2D eigenvalue weighted by atomic mass is 35.5. The van der Waals surface area contributed by atoms with Gasteiger partial charge in [0, 0.05) is 12.1 Å². The summed E-state index contributed by atoms with van der Waals surface area (Å²) >= 11 is 5.98. The van der Waals surface area contributed by atoms with Gasteiger partial charge in [0.05, 0.1) is 16.0 Å². The molecular weight excluding hydrogens is 294 g/mol. The number of rotatable bonds is 4. The molecule has 1 fully saturated rings. The normalized spacial score (nSPS) is 14.7. The summed E-state index contributed by atoms with van der Waals surface area (Å²) in [6.45, 7) is -0.0914. The Bertz CT molecular complexity index is 606. The Labute approximate surface area is 127 Å². The Kier molecular flexibility index (Phi) is 4.76. The zero-order valence-electron chi connectivity index (χ0n) is 11.3. The molecule has 7 heteroatoms. The summed E-state index contributed by atoms with van der Waals surface area (Å²) < 4.78 is 0. The highest BCUT2D eigenvalue weighted by Gasteiger charge is 2.32. The quantitative estimate of drug-likeness (QED) is 0.485. The third-order valence-electron chi connectivity index (χ3n) is 3.67. The zero-order valence-corrected chi connectivity index (χ0v) is 12.0. The van der Waals surface area contributed by atoms with Gasteiger partial charge in [0.15, 0.2) is 0 Å². The van der Waals surface area contributed by atoms with E-state index in [1.165, 1.54) is 23.1 Å². The van der Waals surface area contributed by atoms with E-state index in [4.69, 9.17) is 16.9 Å². The molecule has 0 heterocycles. The lowest BCUT2D eigenvalue weighted by Gasteiger charge is -2.26. The van der Waals surface area contributed by atoms with E-state index >= 15 is 0 Å². The van der Waals surface area contributed by atoms with Crippen LogP contribution in [0.3, 0.4) is 0 Å². The van der Waals surface area contributed by atoms with Crippen molar-refractivity contribution in [3.63, 3.8) is 0 Å². The Morgan fingerprint density at radius 3 is 2.71 bits per heavy atom. The van der Waals surface area contributed by atoms with Crippen LogP contribution in [0.1, 0.15) is 36.0 Å². The van der Waals surface area contributed by atoms with Crippen molar-refractivity contribution in [1.29, 1.82) is 5.26 Å². The zero-order chi connectivity index (χ0) is 15.4. The van der Waals surface area contributed by atoms with Gasteiger partial charge in [-0.05, 0) is 18.9 Å². The first-order valence-electron chi connectivity index (χ1n) is 6.67. The summed E-state index contributed by atoms with van der Waals surface area (Å²) in [6, 6.07) is 6.03. The number of nitrogens with zero attached hydrogens (tertiary/aromatic N) is 3. The fourth-order valence-corrected chi connectivity index (χ4v) is 2.93. The lowest BCUT2D eigenvalue weighted by molar-refractivity contribution is -0.385. The molecule has 2 rings (SSSR count). The molecule has 0 saturated heterocycles. The summed E-state index contributed by atoms with van der Waals surface area (Å²) in [5, 5.41) is 20.1. The fraction of sp³-hybridized carbons (Fsp3) is 0.429. The maximum atomic E-state index is 12.7. The molecule has 1 aliphatic rings. The van der Waals surface area contributed by atoms with Crippen LogP contribution in [-0.2, 0) is 0 Å². The number of nitro benzene ring substituents is 1. The lowest BCUT2D eigenvalue weighted by atomic mass is 10.1. The molecule has 0 spiro atoms. The van der Waals surface area contributed by atoms with E-state index < -0.39 is 10.8 Å². The van der Waals surface area contributed by atoms with Crippen LogP contribution in [0.15, 0.2) is 18.2 Å². The van der Waals surface area contributed by atoms with E-state index in [-0.39, 0.29) is 28.9 Å². The van der Waals surface area contributed by atoms with Gasteiger partial charge in [-0.2, -0.15) is 5.26 Å². The number of carbonyl (C=O) groups is 1. The van der Waals surface area contributed by atoms with Gasteiger partial charge in [0.2, 0.25) is 0 Å². The van der Waals surface area contributed by atoms with E-state index in [0.29, 0.717) is 0 Å². The van der Waals surface area contributed by atoms with Crippen molar-refractivity contribution in [2.45, 2.75) is 31.7 Å². The molecule has 1 amide bonds. The van der Waals surface area contributed by atoms with Crippen molar-refractivity contribution < 1.29 is 9.72 Å². The minimum atomic E-state index is -0.627. The first kappa shape index (κ1) is 15.3. The molecule has 110 valence electrons. The highest BCUT2D eigenvalue weighted by molar-refractivity contribution is 6.34.